The van der Waals surface area contributed by atoms with Gasteiger partial charge in [-0.1, -0.05) is 50.3 Å². The van der Waals surface area contributed by atoms with Crippen LogP contribution in [0.1, 0.15) is 25.8 Å². The van der Waals surface area contributed by atoms with Gasteiger partial charge >= 0.3 is 0 Å². The van der Waals surface area contributed by atoms with Gasteiger partial charge in [0.2, 0.25) is 17.4 Å². The summed E-state index contributed by atoms with van der Waals surface area (Å²) in [6, 6.07) is 8.63. The lowest BCUT2D eigenvalue weighted by Crippen LogP contribution is -2.64. The number of fused-ring (bicyclic) bond motifs is 2. The van der Waals surface area contributed by atoms with Gasteiger partial charge in [0.25, 0.3) is 5.91 Å². The van der Waals surface area contributed by atoms with Crippen LogP contribution in [0.25, 0.3) is 0 Å². The molecular weight excluding hydrogens is 370 g/mol. The third-order valence-corrected chi connectivity index (χ3v) is 5.50. The molecule has 0 aliphatic carbocycles. The average molecular weight is 393 g/mol. The lowest BCUT2D eigenvalue weighted by molar-refractivity contribution is -0.148. The molecule has 7 nitrogen and oxygen atoms in total. The Kier molecular flexibility index (Phi) is 4.84. The Morgan fingerprint density at radius 1 is 1.28 bits per heavy atom. The summed E-state index contributed by atoms with van der Waals surface area (Å²) in [5.41, 5.74) is -0.589. The first kappa shape index (κ1) is 19.1. The first-order valence-corrected chi connectivity index (χ1v) is 9.71. The number of ether oxygens (including phenoxy) is 1. The SMILES string of the molecule is CCC(C)C1=C2N=C3OC=CC=C[C@@]3(O)C(=O)N2[C@@H](Cc2ccccc2)C(=O)N1. The molecule has 29 heavy (non-hydrogen) atoms. The van der Waals surface area contributed by atoms with Crippen molar-refractivity contribution < 1.29 is 19.4 Å². The zero-order valence-corrected chi connectivity index (χ0v) is 16.3. The summed E-state index contributed by atoms with van der Waals surface area (Å²) < 4.78 is 5.43. The number of allylic oxidation sites excluding steroid dienone is 3. The van der Waals surface area contributed by atoms with Crippen LogP contribution in [-0.4, -0.2) is 39.4 Å². The van der Waals surface area contributed by atoms with Gasteiger partial charge in [-0.15, -0.1) is 0 Å². The maximum absolute atomic E-state index is 13.5. The Bertz CT molecular complexity index is 964. The standard InChI is InChI=1S/C22H23N3O4/c1-3-14(2)17-18-24-20-22(28,11-7-8-12-29-20)21(27)25(18)16(19(26)23-17)13-15-9-5-4-6-10-15/h4-12,14,16,28H,3,13H2,1-2H3,(H,23,26)/t14?,16-,22-/m0/s1. The van der Waals surface area contributed by atoms with E-state index in [1.807, 2.05) is 44.2 Å². The zero-order valence-electron chi connectivity index (χ0n) is 16.3. The van der Waals surface area contributed by atoms with Crippen molar-refractivity contribution in [2.24, 2.45) is 10.9 Å². The quantitative estimate of drug-likeness (QED) is 0.819. The van der Waals surface area contributed by atoms with E-state index in [1.165, 1.54) is 23.3 Å². The molecule has 0 radical (unpaired) electrons. The van der Waals surface area contributed by atoms with Gasteiger partial charge < -0.3 is 15.2 Å². The molecule has 1 aromatic rings. The minimum absolute atomic E-state index is 0.0330. The number of rotatable bonds is 4. The van der Waals surface area contributed by atoms with Crippen molar-refractivity contribution in [3.8, 4) is 0 Å². The van der Waals surface area contributed by atoms with Crippen LogP contribution >= 0.6 is 0 Å². The van der Waals surface area contributed by atoms with Crippen molar-refractivity contribution in [2.75, 3.05) is 0 Å². The molecule has 2 amide bonds. The zero-order chi connectivity index (χ0) is 20.6. The molecule has 3 aliphatic heterocycles. The number of carbonyl (C=O) groups is 2. The number of carbonyl (C=O) groups excluding carboxylic acids is 2. The van der Waals surface area contributed by atoms with E-state index in [0.29, 0.717) is 17.9 Å². The predicted molar refractivity (Wildman–Crippen MR) is 107 cm³/mol. The maximum atomic E-state index is 13.5. The molecule has 1 unspecified atom stereocenters. The normalized spacial score (nSPS) is 26.8. The van der Waals surface area contributed by atoms with Crippen LogP contribution in [0.2, 0.25) is 0 Å². The summed E-state index contributed by atoms with van der Waals surface area (Å²) in [6.45, 7) is 3.95. The van der Waals surface area contributed by atoms with Crippen LogP contribution in [0.4, 0.5) is 0 Å². The first-order valence-electron chi connectivity index (χ1n) is 9.71. The van der Waals surface area contributed by atoms with Gasteiger partial charge in [-0.25, -0.2) is 0 Å². The second-order valence-electron chi connectivity index (χ2n) is 7.41. The lowest BCUT2D eigenvalue weighted by atomic mass is 9.92. The summed E-state index contributed by atoms with van der Waals surface area (Å²) in [4.78, 5) is 32.4. The minimum Gasteiger partial charge on any atom is -0.447 e. The molecule has 3 heterocycles. The van der Waals surface area contributed by atoms with E-state index in [2.05, 4.69) is 10.3 Å². The van der Waals surface area contributed by atoms with E-state index >= 15 is 0 Å². The molecule has 0 aromatic heterocycles. The van der Waals surface area contributed by atoms with Crippen molar-refractivity contribution in [3.05, 3.63) is 71.9 Å². The van der Waals surface area contributed by atoms with E-state index in [9.17, 15) is 14.7 Å². The maximum Gasteiger partial charge on any atom is 0.274 e. The van der Waals surface area contributed by atoms with Crippen molar-refractivity contribution in [3.63, 3.8) is 0 Å². The smallest absolute Gasteiger partial charge is 0.274 e. The highest BCUT2D eigenvalue weighted by molar-refractivity contribution is 6.14. The molecule has 4 rings (SSSR count). The van der Waals surface area contributed by atoms with E-state index in [4.69, 9.17) is 4.74 Å². The highest BCUT2D eigenvalue weighted by Crippen LogP contribution is 2.35. The van der Waals surface area contributed by atoms with Gasteiger partial charge in [0, 0.05) is 6.42 Å². The van der Waals surface area contributed by atoms with Gasteiger partial charge in [-0.05, 0) is 30.1 Å². The number of amides is 2. The summed E-state index contributed by atoms with van der Waals surface area (Å²) >= 11 is 0. The molecule has 1 aromatic carbocycles. The highest BCUT2D eigenvalue weighted by atomic mass is 16.5. The molecule has 0 saturated carbocycles. The Morgan fingerprint density at radius 3 is 2.76 bits per heavy atom. The fraction of sp³-hybridized carbons (Fsp3) is 0.318. The molecule has 3 aliphatic rings. The van der Waals surface area contributed by atoms with Crippen molar-refractivity contribution in [2.45, 2.75) is 38.3 Å². The van der Waals surface area contributed by atoms with Crippen LogP contribution in [0.3, 0.4) is 0 Å². The van der Waals surface area contributed by atoms with Gasteiger partial charge in [-0.3, -0.25) is 14.5 Å². The topological polar surface area (TPSA) is 91.2 Å². The molecule has 0 bridgehead atoms. The van der Waals surface area contributed by atoms with E-state index < -0.39 is 17.6 Å². The third-order valence-electron chi connectivity index (χ3n) is 5.50. The molecule has 150 valence electrons. The highest BCUT2D eigenvalue weighted by Gasteiger charge is 2.54. The number of hydrogen-bond acceptors (Lipinski definition) is 5. The number of aliphatic imine (C=N–C) groups is 1. The van der Waals surface area contributed by atoms with Crippen molar-refractivity contribution >= 4 is 17.7 Å². The summed E-state index contributed by atoms with van der Waals surface area (Å²) in [5.74, 6) is -0.758. The minimum atomic E-state index is -2.06. The number of benzene rings is 1. The number of nitrogens with zero attached hydrogens (tertiary/aromatic N) is 2. The van der Waals surface area contributed by atoms with Gasteiger partial charge in [-0.2, -0.15) is 4.99 Å². The molecule has 2 N–H and O–H groups in total. The Hall–Kier alpha value is -3.19. The fourth-order valence-corrected chi connectivity index (χ4v) is 3.65. The van der Waals surface area contributed by atoms with Gasteiger partial charge in [0.05, 0.1) is 12.0 Å². The second kappa shape index (κ2) is 7.33. The van der Waals surface area contributed by atoms with Crippen LogP contribution in [0.15, 0.2) is 71.3 Å². The van der Waals surface area contributed by atoms with E-state index in [1.54, 1.807) is 6.08 Å². The predicted octanol–water partition coefficient (Wildman–Crippen LogP) is 2.01. The van der Waals surface area contributed by atoms with Gasteiger partial charge in [0.15, 0.2) is 5.82 Å². The average Bonchev–Trinajstić information content (AvgIpc) is 2.92. The van der Waals surface area contributed by atoms with Crippen LogP contribution in [0, 0.1) is 5.92 Å². The third kappa shape index (κ3) is 3.17. The Balaban J connectivity index is 1.86. The summed E-state index contributed by atoms with van der Waals surface area (Å²) in [5, 5.41) is 14.0. The largest absolute Gasteiger partial charge is 0.447 e. The van der Waals surface area contributed by atoms with Crippen LogP contribution < -0.4 is 5.32 Å². The molecule has 3 atom stereocenters. The van der Waals surface area contributed by atoms with E-state index in [0.717, 1.165) is 12.0 Å². The molecule has 7 heteroatoms. The number of nitrogens with one attached hydrogen (secondary N) is 1. The van der Waals surface area contributed by atoms with E-state index in [-0.39, 0.29) is 17.7 Å². The van der Waals surface area contributed by atoms with Gasteiger partial charge in [0.1, 0.15) is 6.04 Å². The van der Waals surface area contributed by atoms with Crippen LogP contribution in [-0.2, 0) is 20.7 Å². The molecular formula is C22H23N3O4. The Labute approximate surface area is 169 Å². The molecule has 0 spiro atoms. The van der Waals surface area contributed by atoms with Crippen molar-refractivity contribution in [1.29, 1.82) is 0 Å². The Morgan fingerprint density at radius 2 is 2.03 bits per heavy atom. The fourth-order valence-electron chi connectivity index (χ4n) is 3.65. The first-order chi connectivity index (χ1) is 14.0. The van der Waals surface area contributed by atoms with Crippen molar-refractivity contribution in [1.82, 2.24) is 10.2 Å². The number of hydrogen-bond donors (Lipinski definition) is 2. The molecule has 0 fully saturated rings. The lowest BCUT2D eigenvalue weighted by Gasteiger charge is -2.43. The molecule has 0 saturated heterocycles. The summed E-state index contributed by atoms with van der Waals surface area (Å²) in [7, 11) is 0. The summed E-state index contributed by atoms with van der Waals surface area (Å²) in [6.07, 6.45) is 6.85. The monoisotopic (exact) mass is 393 g/mol. The second-order valence-corrected chi connectivity index (χ2v) is 7.41. The number of aliphatic hydroxyl groups is 1. The van der Waals surface area contributed by atoms with Crippen LogP contribution in [0.5, 0.6) is 0 Å².